The molecule has 0 bridgehead atoms. The molecule has 3 heterocycles. The fourth-order valence-electron chi connectivity index (χ4n) is 5.81. The van der Waals surface area contributed by atoms with E-state index in [1.165, 1.54) is 0 Å². The van der Waals surface area contributed by atoms with Crippen molar-refractivity contribution in [2.75, 3.05) is 45.9 Å². The molecule has 162 valence electrons. The molecule has 1 aliphatic carbocycles. The summed E-state index contributed by atoms with van der Waals surface area (Å²) in [6, 6.07) is 0.608. The van der Waals surface area contributed by atoms with Gasteiger partial charge in [-0.05, 0) is 58.5 Å². The first kappa shape index (κ1) is 20.8. The number of carbonyl (C=O) groups excluding carboxylic acids is 1. The van der Waals surface area contributed by atoms with Crippen LogP contribution in [0, 0.1) is 25.2 Å². The molecule has 4 rings (SSSR count). The lowest BCUT2D eigenvalue weighted by Crippen LogP contribution is -2.60. The number of rotatable bonds is 5. The highest BCUT2D eigenvalue weighted by molar-refractivity contribution is 5.83. The topological polar surface area (TPSA) is 73.5 Å². The molecule has 29 heavy (non-hydrogen) atoms. The average molecular weight is 404 g/mol. The largest absolute Gasteiger partial charge is 0.379 e. The molecular weight excluding hydrogens is 366 g/mol. The Morgan fingerprint density at radius 2 is 2.07 bits per heavy atom. The number of fused-ring (bicyclic) bond motifs is 1. The van der Waals surface area contributed by atoms with E-state index in [0.717, 1.165) is 88.6 Å². The summed E-state index contributed by atoms with van der Waals surface area (Å²) >= 11 is 0. The summed E-state index contributed by atoms with van der Waals surface area (Å²) in [4.78, 5) is 18.7. The molecule has 1 saturated carbocycles. The number of carbonyl (C=O) groups is 1. The first-order valence-electron chi connectivity index (χ1n) is 11.4. The van der Waals surface area contributed by atoms with Crippen LogP contribution in [0.4, 0.5) is 0 Å². The number of aromatic nitrogens is 2. The monoisotopic (exact) mass is 403 g/mol. The molecule has 0 spiro atoms. The van der Waals surface area contributed by atoms with Gasteiger partial charge in [0.25, 0.3) is 0 Å². The Bertz CT molecular complexity index is 695. The number of aryl methyl sites for hydroxylation is 2. The van der Waals surface area contributed by atoms with Gasteiger partial charge in [-0.3, -0.25) is 14.8 Å². The van der Waals surface area contributed by atoms with Gasteiger partial charge in [0, 0.05) is 43.5 Å². The number of amides is 1. The molecule has 1 aromatic rings. The van der Waals surface area contributed by atoms with Gasteiger partial charge in [0.15, 0.2) is 0 Å². The van der Waals surface area contributed by atoms with Crippen LogP contribution in [0.3, 0.4) is 0 Å². The van der Waals surface area contributed by atoms with Crippen molar-refractivity contribution < 1.29 is 9.53 Å². The minimum absolute atomic E-state index is 0.247. The average Bonchev–Trinajstić information content (AvgIpc) is 3.09. The molecule has 1 amide bonds. The molecule has 7 nitrogen and oxygen atoms in total. The van der Waals surface area contributed by atoms with Crippen LogP contribution < -0.4 is 5.32 Å². The van der Waals surface area contributed by atoms with Gasteiger partial charge in [0.1, 0.15) is 0 Å². The van der Waals surface area contributed by atoms with E-state index >= 15 is 0 Å². The smallest absolute Gasteiger partial charge is 0.228 e. The highest BCUT2D eigenvalue weighted by atomic mass is 16.5. The van der Waals surface area contributed by atoms with Crippen molar-refractivity contribution >= 4 is 5.91 Å². The minimum Gasteiger partial charge on any atom is -0.379 e. The number of hydrogen-bond acceptors (Lipinski definition) is 5. The van der Waals surface area contributed by atoms with Crippen molar-refractivity contribution in [2.24, 2.45) is 11.3 Å². The van der Waals surface area contributed by atoms with Crippen molar-refractivity contribution in [2.45, 2.75) is 59.0 Å². The third-order valence-corrected chi connectivity index (χ3v) is 7.73. The summed E-state index contributed by atoms with van der Waals surface area (Å²) in [5.74, 6) is 0.722. The molecule has 1 aromatic heterocycles. The van der Waals surface area contributed by atoms with Crippen molar-refractivity contribution in [3.05, 3.63) is 17.0 Å². The van der Waals surface area contributed by atoms with Gasteiger partial charge in [-0.15, -0.1) is 0 Å². The normalized spacial score (nSPS) is 31.4. The number of H-pyrrole nitrogens is 1. The van der Waals surface area contributed by atoms with E-state index in [2.05, 4.69) is 32.2 Å². The zero-order valence-electron chi connectivity index (χ0n) is 18.3. The van der Waals surface area contributed by atoms with Crippen molar-refractivity contribution in [1.29, 1.82) is 0 Å². The van der Waals surface area contributed by atoms with Crippen molar-refractivity contribution in [3.8, 4) is 0 Å². The second-order valence-electron chi connectivity index (χ2n) is 9.18. The van der Waals surface area contributed by atoms with E-state index in [1.807, 2.05) is 13.8 Å². The first-order chi connectivity index (χ1) is 14.0. The summed E-state index contributed by atoms with van der Waals surface area (Å²) in [6.07, 6.45) is 4.39. The van der Waals surface area contributed by atoms with Gasteiger partial charge in [0.05, 0.1) is 24.3 Å². The first-order valence-corrected chi connectivity index (χ1v) is 11.4. The Balaban J connectivity index is 1.48. The Kier molecular flexibility index (Phi) is 6.27. The van der Waals surface area contributed by atoms with E-state index in [4.69, 9.17) is 4.74 Å². The predicted octanol–water partition coefficient (Wildman–Crippen LogP) is 1.86. The quantitative estimate of drug-likeness (QED) is 0.785. The number of morpholine rings is 1. The zero-order valence-corrected chi connectivity index (χ0v) is 18.3. The Morgan fingerprint density at radius 3 is 2.76 bits per heavy atom. The maximum absolute atomic E-state index is 13.6. The fraction of sp³-hybridized carbons (Fsp3) is 0.818. The third-order valence-electron chi connectivity index (χ3n) is 7.73. The number of likely N-dealkylation sites (tertiary alicyclic amines) is 1. The molecule has 2 aliphatic heterocycles. The highest BCUT2D eigenvalue weighted by Crippen LogP contribution is 2.48. The molecule has 3 atom stereocenters. The van der Waals surface area contributed by atoms with Crippen LogP contribution in [-0.4, -0.2) is 77.9 Å². The third kappa shape index (κ3) is 4.09. The van der Waals surface area contributed by atoms with Crippen molar-refractivity contribution in [1.82, 2.24) is 25.3 Å². The van der Waals surface area contributed by atoms with E-state index in [-0.39, 0.29) is 11.3 Å². The lowest BCUT2D eigenvalue weighted by Gasteiger charge is -2.53. The van der Waals surface area contributed by atoms with Crippen LogP contribution in [0.5, 0.6) is 0 Å². The van der Waals surface area contributed by atoms with E-state index in [1.54, 1.807) is 0 Å². The molecule has 3 aliphatic rings. The van der Waals surface area contributed by atoms with Crippen LogP contribution in [0.2, 0.25) is 0 Å². The molecule has 7 heteroatoms. The summed E-state index contributed by atoms with van der Waals surface area (Å²) in [5, 5.41) is 10.6. The number of ether oxygens (including phenoxy) is 1. The molecule has 3 fully saturated rings. The molecular formula is C22H37N5O2. The Morgan fingerprint density at radius 1 is 1.28 bits per heavy atom. The van der Waals surface area contributed by atoms with Crippen LogP contribution >= 0.6 is 0 Å². The number of nitrogens with one attached hydrogen (secondary N) is 2. The number of aromatic amines is 1. The predicted molar refractivity (Wildman–Crippen MR) is 113 cm³/mol. The number of hydrogen-bond donors (Lipinski definition) is 2. The highest BCUT2D eigenvalue weighted by Gasteiger charge is 2.52. The molecule has 0 radical (unpaired) electrons. The van der Waals surface area contributed by atoms with E-state index in [0.29, 0.717) is 18.5 Å². The molecule has 2 N–H and O–H groups in total. The SMILES string of the molecule is CCN1CC[C@@H]2C[C@@H](N3CCOCC3)CC[C@@]2(C(=O)NCc2c(C)n[nH]c2C)C1. The van der Waals surface area contributed by atoms with Gasteiger partial charge in [-0.25, -0.2) is 0 Å². The van der Waals surface area contributed by atoms with Crippen molar-refractivity contribution in [3.63, 3.8) is 0 Å². The maximum atomic E-state index is 13.6. The van der Waals surface area contributed by atoms with Gasteiger partial charge >= 0.3 is 0 Å². The van der Waals surface area contributed by atoms with Gasteiger partial charge in [-0.2, -0.15) is 5.10 Å². The summed E-state index contributed by atoms with van der Waals surface area (Å²) in [6.45, 7) is 13.6. The standard InChI is InChI=1S/C22H37N5O2/c1-4-26-8-6-18-13-19(27-9-11-29-12-10-27)5-7-22(18,15-26)21(28)23-14-20-16(2)24-25-17(20)3/h18-19H,4-15H2,1-3H3,(H,23,28)(H,24,25)/t18-,19+,22-/m1/s1. The van der Waals surface area contributed by atoms with E-state index < -0.39 is 0 Å². The molecule has 0 aromatic carbocycles. The Hall–Kier alpha value is -1.44. The van der Waals surface area contributed by atoms with E-state index in [9.17, 15) is 4.79 Å². The van der Waals surface area contributed by atoms with Gasteiger partial charge in [-0.1, -0.05) is 6.92 Å². The summed E-state index contributed by atoms with van der Waals surface area (Å²) in [7, 11) is 0. The van der Waals surface area contributed by atoms with Gasteiger partial charge < -0.3 is 15.0 Å². The van der Waals surface area contributed by atoms with Crippen LogP contribution in [0.1, 0.15) is 49.6 Å². The minimum atomic E-state index is -0.247. The molecule has 0 unspecified atom stereocenters. The fourth-order valence-corrected chi connectivity index (χ4v) is 5.81. The second kappa shape index (κ2) is 8.74. The maximum Gasteiger partial charge on any atom is 0.228 e. The lowest BCUT2D eigenvalue weighted by atomic mass is 9.61. The Labute approximate surface area is 174 Å². The van der Waals surface area contributed by atoms with Gasteiger partial charge in [0.2, 0.25) is 5.91 Å². The zero-order chi connectivity index (χ0) is 20.4. The second-order valence-corrected chi connectivity index (χ2v) is 9.18. The number of piperidine rings is 1. The van der Waals surface area contributed by atoms with Crippen LogP contribution in [0.25, 0.3) is 0 Å². The van der Waals surface area contributed by atoms with Crippen LogP contribution in [0.15, 0.2) is 0 Å². The lowest BCUT2D eigenvalue weighted by molar-refractivity contribution is -0.145. The number of nitrogens with zero attached hydrogens (tertiary/aromatic N) is 3. The summed E-state index contributed by atoms with van der Waals surface area (Å²) in [5.41, 5.74) is 2.90. The molecule has 2 saturated heterocycles. The van der Waals surface area contributed by atoms with Crippen LogP contribution in [-0.2, 0) is 16.1 Å². The summed E-state index contributed by atoms with van der Waals surface area (Å²) < 4.78 is 5.55.